The van der Waals surface area contributed by atoms with Gasteiger partial charge in [-0.2, -0.15) is 5.26 Å². The maximum Gasteiger partial charge on any atom is 0.111 e. The Morgan fingerprint density at radius 2 is 2.05 bits per heavy atom. The van der Waals surface area contributed by atoms with Crippen LogP contribution in [0.4, 0.5) is 0 Å². The SMILES string of the molecule is CC1CCCC1(O)C1(C#N)CCCc2ccccc21. The Kier molecular flexibility index (Phi) is 2.91. The van der Waals surface area contributed by atoms with Crippen LogP contribution in [0.25, 0.3) is 0 Å². The second kappa shape index (κ2) is 4.35. The molecule has 1 saturated carbocycles. The third-order valence-corrected chi connectivity index (χ3v) is 5.42. The molecular formula is C17H21NO. The number of fused-ring (bicyclic) bond motifs is 1. The van der Waals surface area contributed by atoms with Gasteiger partial charge in [0.2, 0.25) is 0 Å². The van der Waals surface area contributed by atoms with Crippen molar-refractivity contribution < 1.29 is 5.11 Å². The van der Waals surface area contributed by atoms with E-state index in [2.05, 4.69) is 25.1 Å². The Labute approximate surface area is 115 Å². The molecule has 1 aromatic carbocycles. The van der Waals surface area contributed by atoms with Crippen molar-refractivity contribution in [3.63, 3.8) is 0 Å². The molecule has 100 valence electrons. The summed E-state index contributed by atoms with van der Waals surface area (Å²) in [4.78, 5) is 0. The molecule has 1 N–H and O–H groups in total. The van der Waals surface area contributed by atoms with Crippen molar-refractivity contribution >= 4 is 0 Å². The predicted octanol–water partition coefficient (Wildman–Crippen LogP) is 3.34. The summed E-state index contributed by atoms with van der Waals surface area (Å²) >= 11 is 0. The van der Waals surface area contributed by atoms with E-state index in [1.54, 1.807) is 0 Å². The molecule has 2 aliphatic rings. The minimum absolute atomic E-state index is 0.207. The van der Waals surface area contributed by atoms with Crippen LogP contribution < -0.4 is 0 Å². The number of aryl methyl sites for hydroxylation is 1. The van der Waals surface area contributed by atoms with Gasteiger partial charge in [-0.1, -0.05) is 37.6 Å². The van der Waals surface area contributed by atoms with E-state index in [4.69, 9.17) is 0 Å². The van der Waals surface area contributed by atoms with Gasteiger partial charge in [-0.05, 0) is 49.1 Å². The summed E-state index contributed by atoms with van der Waals surface area (Å²) < 4.78 is 0. The normalized spacial score (nSPS) is 37.6. The average molecular weight is 255 g/mol. The Balaban J connectivity index is 2.19. The largest absolute Gasteiger partial charge is 0.388 e. The van der Waals surface area contributed by atoms with Crippen LogP contribution in [-0.2, 0) is 11.8 Å². The number of hydrogen-bond acceptors (Lipinski definition) is 2. The van der Waals surface area contributed by atoms with E-state index in [1.807, 2.05) is 12.1 Å². The van der Waals surface area contributed by atoms with Gasteiger partial charge in [0.15, 0.2) is 0 Å². The number of aliphatic hydroxyl groups is 1. The van der Waals surface area contributed by atoms with Gasteiger partial charge < -0.3 is 5.11 Å². The molecule has 3 unspecified atom stereocenters. The highest BCUT2D eigenvalue weighted by molar-refractivity contribution is 5.45. The van der Waals surface area contributed by atoms with Crippen LogP contribution in [0.15, 0.2) is 24.3 Å². The molecule has 2 aliphatic carbocycles. The third kappa shape index (κ3) is 1.58. The molecule has 3 atom stereocenters. The van der Waals surface area contributed by atoms with Crippen LogP contribution >= 0.6 is 0 Å². The van der Waals surface area contributed by atoms with Crippen LogP contribution in [0.5, 0.6) is 0 Å². The van der Waals surface area contributed by atoms with Crippen LogP contribution in [0.3, 0.4) is 0 Å². The van der Waals surface area contributed by atoms with Crippen LogP contribution in [0.1, 0.15) is 50.2 Å². The first-order valence-electron chi connectivity index (χ1n) is 7.36. The fraction of sp³-hybridized carbons (Fsp3) is 0.588. The maximum absolute atomic E-state index is 11.3. The lowest BCUT2D eigenvalue weighted by molar-refractivity contribution is -0.0510. The Morgan fingerprint density at radius 3 is 2.74 bits per heavy atom. The smallest absolute Gasteiger partial charge is 0.111 e. The van der Waals surface area contributed by atoms with E-state index in [-0.39, 0.29) is 5.92 Å². The summed E-state index contributed by atoms with van der Waals surface area (Å²) in [5.74, 6) is 0.207. The standard InChI is InChI=1S/C17H21NO/c1-13-6-4-11-17(13,19)16(12-18)10-5-8-14-7-2-3-9-15(14)16/h2-3,7,9,13,19H,4-6,8,10-11H2,1H3. The highest BCUT2D eigenvalue weighted by atomic mass is 16.3. The summed E-state index contributed by atoms with van der Waals surface area (Å²) in [7, 11) is 0. The molecule has 0 aromatic heterocycles. The molecule has 1 aromatic rings. The van der Waals surface area contributed by atoms with Crippen molar-refractivity contribution in [3.8, 4) is 6.07 Å². The predicted molar refractivity (Wildman–Crippen MR) is 74.6 cm³/mol. The molecule has 0 aliphatic heterocycles. The van der Waals surface area contributed by atoms with Gasteiger partial charge in [0.1, 0.15) is 5.41 Å². The van der Waals surface area contributed by atoms with Crippen molar-refractivity contribution in [3.05, 3.63) is 35.4 Å². The third-order valence-electron chi connectivity index (χ3n) is 5.42. The maximum atomic E-state index is 11.3. The summed E-state index contributed by atoms with van der Waals surface area (Å²) in [6, 6.07) is 10.7. The summed E-state index contributed by atoms with van der Waals surface area (Å²) in [5.41, 5.74) is 0.790. The summed E-state index contributed by atoms with van der Waals surface area (Å²) in [6.07, 6.45) is 5.65. The molecule has 0 spiro atoms. The van der Waals surface area contributed by atoms with Crippen molar-refractivity contribution in [1.82, 2.24) is 0 Å². The zero-order chi connectivity index (χ0) is 13.5. The van der Waals surface area contributed by atoms with Crippen LogP contribution in [0.2, 0.25) is 0 Å². The number of rotatable bonds is 1. The number of nitriles is 1. The van der Waals surface area contributed by atoms with E-state index in [9.17, 15) is 10.4 Å². The quantitative estimate of drug-likeness (QED) is 0.836. The van der Waals surface area contributed by atoms with Crippen LogP contribution in [0, 0.1) is 17.2 Å². The zero-order valence-electron chi connectivity index (χ0n) is 11.5. The lowest BCUT2D eigenvalue weighted by Gasteiger charge is -2.46. The van der Waals surface area contributed by atoms with Gasteiger partial charge in [0, 0.05) is 0 Å². The lowest BCUT2D eigenvalue weighted by Crippen LogP contribution is -2.54. The minimum atomic E-state index is -0.849. The highest BCUT2D eigenvalue weighted by Gasteiger charge is 2.57. The Morgan fingerprint density at radius 1 is 1.26 bits per heavy atom. The monoisotopic (exact) mass is 255 g/mol. The number of hydrogen-bond donors (Lipinski definition) is 1. The van der Waals surface area contributed by atoms with Gasteiger partial charge >= 0.3 is 0 Å². The van der Waals surface area contributed by atoms with Gasteiger partial charge in [0.05, 0.1) is 11.7 Å². The summed E-state index contributed by atoms with van der Waals surface area (Å²) in [5, 5.41) is 21.2. The van der Waals surface area contributed by atoms with Crippen LogP contribution in [-0.4, -0.2) is 10.7 Å². The lowest BCUT2D eigenvalue weighted by atomic mass is 9.58. The van der Waals surface area contributed by atoms with Crippen molar-refractivity contribution in [1.29, 1.82) is 5.26 Å². The van der Waals surface area contributed by atoms with Gasteiger partial charge in [-0.3, -0.25) is 0 Å². The first-order chi connectivity index (χ1) is 9.14. The van der Waals surface area contributed by atoms with Gasteiger partial charge in [-0.25, -0.2) is 0 Å². The summed E-state index contributed by atoms with van der Waals surface area (Å²) in [6.45, 7) is 2.10. The Hall–Kier alpha value is -1.33. The molecule has 2 heteroatoms. The molecule has 19 heavy (non-hydrogen) atoms. The van der Waals surface area contributed by atoms with E-state index < -0.39 is 11.0 Å². The molecule has 0 bridgehead atoms. The molecule has 2 nitrogen and oxygen atoms in total. The minimum Gasteiger partial charge on any atom is -0.388 e. The molecule has 0 amide bonds. The molecule has 0 saturated heterocycles. The zero-order valence-corrected chi connectivity index (χ0v) is 11.5. The van der Waals surface area contributed by atoms with Crippen molar-refractivity contribution in [2.24, 2.45) is 5.92 Å². The second-order valence-electron chi connectivity index (χ2n) is 6.25. The van der Waals surface area contributed by atoms with Gasteiger partial charge in [0.25, 0.3) is 0 Å². The van der Waals surface area contributed by atoms with E-state index in [1.165, 1.54) is 5.56 Å². The fourth-order valence-corrected chi connectivity index (χ4v) is 4.29. The Bertz CT molecular complexity index is 532. The number of nitrogens with zero attached hydrogens (tertiary/aromatic N) is 1. The highest BCUT2D eigenvalue weighted by Crippen LogP contribution is 2.53. The first kappa shape index (κ1) is 12.7. The number of benzene rings is 1. The first-order valence-corrected chi connectivity index (χ1v) is 7.36. The molecule has 0 radical (unpaired) electrons. The van der Waals surface area contributed by atoms with E-state index >= 15 is 0 Å². The molecule has 3 rings (SSSR count). The second-order valence-corrected chi connectivity index (χ2v) is 6.25. The molecule has 0 heterocycles. The van der Waals surface area contributed by atoms with Crippen molar-refractivity contribution in [2.75, 3.05) is 0 Å². The molecule has 1 fully saturated rings. The topological polar surface area (TPSA) is 44.0 Å². The van der Waals surface area contributed by atoms with E-state index in [0.717, 1.165) is 44.1 Å². The average Bonchev–Trinajstić information content (AvgIpc) is 2.79. The van der Waals surface area contributed by atoms with Crippen molar-refractivity contribution in [2.45, 2.75) is 56.5 Å². The van der Waals surface area contributed by atoms with E-state index in [0.29, 0.717) is 0 Å². The van der Waals surface area contributed by atoms with Gasteiger partial charge in [-0.15, -0.1) is 0 Å². The molecular weight excluding hydrogens is 234 g/mol. The fourth-order valence-electron chi connectivity index (χ4n) is 4.29.